The molecule has 0 spiro atoms. The fourth-order valence-corrected chi connectivity index (χ4v) is 2.42. The summed E-state index contributed by atoms with van der Waals surface area (Å²) in [4.78, 5) is 16.2. The average molecular weight is 302 g/mol. The SMILES string of the molecule is CCNc1cc(C(=O)NC(C)CSCC)cc(Cl)n1. The maximum Gasteiger partial charge on any atom is 0.251 e. The first-order chi connectivity index (χ1) is 9.06. The van der Waals surface area contributed by atoms with Crippen molar-refractivity contribution in [2.75, 3.05) is 23.4 Å². The van der Waals surface area contributed by atoms with E-state index in [0.29, 0.717) is 16.5 Å². The molecule has 0 aliphatic carbocycles. The Morgan fingerprint density at radius 2 is 2.21 bits per heavy atom. The maximum absolute atomic E-state index is 12.1. The molecule has 0 fully saturated rings. The average Bonchev–Trinajstić information content (AvgIpc) is 2.36. The number of hydrogen-bond acceptors (Lipinski definition) is 4. The molecule has 0 aliphatic heterocycles. The summed E-state index contributed by atoms with van der Waals surface area (Å²) in [6.07, 6.45) is 0. The number of halogens is 1. The number of carbonyl (C=O) groups is 1. The molecule has 0 aliphatic rings. The highest BCUT2D eigenvalue weighted by atomic mass is 35.5. The molecule has 0 saturated heterocycles. The van der Waals surface area contributed by atoms with E-state index < -0.39 is 0 Å². The minimum atomic E-state index is -0.118. The van der Waals surface area contributed by atoms with E-state index in [1.807, 2.05) is 13.8 Å². The summed E-state index contributed by atoms with van der Waals surface area (Å²) in [5.41, 5.74) is 0.532. The van der Waals surface area contributed by atoms with Gasteiger partial charge in [-0.1, -0.05) is 18.5 Å². The molecule has 1 unspecified atom stereocenters. The maximum atomic E-state index is 12.1. The van der Waals surface area contributed by atoms with Gasteiger partial charge in [-0.05, 0) is 31.7 Å². The first-order valence-electron chi connectivity index (χ1n) is 6.36. The van der Waals surface area contributed by atoms with E-state index in [4.69, 9.17) is 11.6 Å². The van der Waals surface area contributed by atoms with Crippen molar-refractivity contribution in [2.45, 2.75) is 26.8 Å². The summed E-state index contributed by atoms with van der Waals surface area (Å²) in [6.45, 7) is 6.80. The molecule has 2 N–H and O–H groups in total. The molecule has 1 aromatic rings. The van der Waals surface area contributed by atoms with Crippen molar-refractivity contribution in [1.29, 1.82) is 0 Å². The fourth-order valence-electron chi connectivity index (χ4n) is 1.54. The standard InChI is InChI=1S/C13H20ClN3OS/c1-4-15-12-7-10(6-11(14)17-12)13(18)16-9(3)8-19-5-2/h6-7,9H,4-5,8H2,1-3H3,(H,15,17)(H,16,18). The molecule has 1 atom stereocenters. The molecule has 1 rings (SSSR count). The van der Waals surface area contributed by atoms with Crippen LogP contribution in [0.3, 0.4) is 0 Å². The van der Waals surface area contributed by atoms with Gasteiger partial charge in [0.1, 0.15) is 11.0 Å². The summed E-state index contributed by atoms with van der Waals surface area (Å²) < 4.78 is 0. The third-order valence-corrected chi connectivity index (χ3v) is 3.70. The molecule has 106 valence electrons. The van der Waals surface area contributed by atoms with Gasteiger partial charge in [-0.15, -0.1) is 0 Å². The Balaban J connectivity index is 2.70. The smallest absolute Gasteiger partial charge is 0.251 e. The molecule has 0 saturated carbocycles. The number of aromatic nitrogens is 1. The number of pyridine rings is 1. The number of anilines is 1. The number of nitrogens with zero attached hydrogens (tertiary/aromatic N) is 1. The van der Waals surface area contributed by atoms with Crippen molar-refractivity contribution in [1.82, 2.24) is 10.3 Å². The minimum absolute atomic E-state index is 0.118. The summed E-state index contributed by atoms with van der Waals surface area (Å²) >= 11 is 7.72. The highest BCUT2D eigenvalue weighted by Gasteiger charge is 2.12. The summed E-state index contributed by atoms with van der Waals surface area (Å²) in [6, 6.07) is 3.42. The minimum Gasteiger partial charge on any atom is -0.370 e. The zero-order valence-electron chi connectivity index (χ0n) is 11.5. The Morgan fingerprint density at radius 3 is 2.84 bits per heavy atom. The third kappa shape index (κ3) is 5.70. The van der Waals surface area contributed by atoms with Crippen LogP contribution in [0.1, 0.15) is 31.1 Å². The summed E-state index contributed by atoms with van der Waals surface area (Å²) in [5, 5.41) is 6.32. The number of carbonyl (C=O) groups excluding carboxylic acids is 1. The van der Waals surface area contributed by atoms with Gasteiger partial charge in [-0.3, -0.25) is 4.79 Å². The van der Waals surface area contributed by atoms with E-state index in [2.05, 4.69) is 22.5 Å². The highest BCUT2D eigenvalue weighted by molar-refractivity contribution is 7.99. The lowest BCUT2D eigenvalue weighted by atomic mass is 10.2. The Bertz CT molecular complexity index is 428. The monoisotopic (exact) mass is 301 g/mol. The molecule has 0 bridgehead atoms. The molecule has 1 amide bonds. The van der Waals surface area contributed by atoms with Crippen molar-refractivity contribution in [3.05, 3.63) is 22.8 Å². The molecular formula is C13H20ClN3OS. The van der Waals surface area contributed by atoms with Gasteiger partial charge in [0.05, 0.1) is 0 Å². The lowest BCUT2D eigenvalue weighted by molar-refractivity contribution is 0.0943. The molecule has 1 heterocycles. The van der Waals surface area contributed by atoms with E-state index in [1.54, 1.807) is 23.9 Å². The van der Waals surface area contributed by atoms with Gasteiger partial charge < -0.3 is 10.6 Å². The molecule has 1 aromatic heterocycles. The largest absolute Gasteiger partial charge is 0.370 e. The van der Waals surface area contributed by atoms with Gasteiger partial charge in [0.2, 0.25) is 0 Å². The van der Waals surface area contributed by atoms with Gasteiger partial charge in [0, 0.05) is 23.9 Å². The van der Waals surface area contributed by atoms with E-state index >= 15 is 0 Å². The van der Waals surface area contributed by atoms with Crippen molar-refractivity contribution in [3.63, 3.8) is 0 Å². The van der Waals surface area contributed by atoms with Crippen molar-refractivity contribution < 1.29 is 4.79 Å². The third-order valence-electron chi connectivity index (χ3n) is 2.36. The van der Waals surface area contributed by atoms with E-state index in [9.17, 15) is 4.79 Å². The molecule has 0 radical (unpaired) electrons. The highest BCUT2D eigenvalue weighted by Crippen LogP contribution is 2.14. The Kier molecular flexibility index (Phi) is 7.02. The summed E-state index contributed by atoms with van der Waals surface area (Å²) in [5.74, 6) is 2.45. The fraction of sp³-hybridized carbons (Fsp3) is 0.538. The molecule has 6 heteroatoms. The molecular weight excluding hydrogens is 282 g/mol. The number of thioether (sulfide) groups is 1. The second-order valence-corrected chi connectivity index (χ2v) is 5.83. The predicted octanol–water partition coefficient (Wildman–Crippen LogP) is 3.04. The lowest BCUT2D eigenvalue weighted by Crippen LogP contribution is -2.34. The van der Waals surface area contributed by atoms with Crippen LogP contribution in [0.25, 0.3) is 0 Å². The normalized spacial score (nSPS) is 12.0. The van der Waals surface area contributed by atoms with Crippen LogP contribution in [0.15, 0.2) is 12.1 Å². The zero-order chi connectivity index (χ0) is 14.3. The first-order valence-corrected chi connectivity index (χ1v) is 7.90. The number of hydrogen-bond donors (Lipinski definition) is 2. The number of rotatable bonds is 7. The van der Waals surface area contributed by atoms with Gasteiger partial charge in [-0.25, -0.2) is 4.98 Å². The Hall–Kier alpha value is -0.940. The van der Waals surface area contributed by atoms with Crippen LogP contribution in [-0.2, 0) is 0 Å². The predicted molar refractivity (Wildman–Crippen MR) is 83.3 cm³/mol. The van der Waals surface area contributed by atoms with Crippen LogP contribution in [0.4, 0.5) is 5.82 Å². The molecule has 4 nitrogen and oxygen atoms in total. The van der Waals surface area contributed by atoms with Crippen LogP contribution >= 0.6 is 23.4 Å². The van der Waals surface area contributed by atoms with E-state index in [-0.39, 0.29) is 11.9 Å². The van der Waals surface area contributed by atoms with Crippen molar-refractivity contribution >= 4 is 35.1 Å². The zero-order valence-corrected chi connectivity index (χ0v) is 13.1. The van der Waals surface area contributed by atoms with Gasteiger partial charge in [0.25, 0.3) is 5.91 Å². The van der Waals surface area contributed by atoms with Gasteiger partial charge >= 0.3 is 0 Å². The van der Waals surface area contributed by atoms with Gasteiger partial charge in [0.15, 0.2) is 0 Å². The van der Waals surface area contributed by atoms with Crippen LogP contribution in [0, 0.1) is 0 Å². The van der Waals surface area contributed by atoms with Crippen molar-refractivity contribution in [2.24, 2.45) is 0 Å². The second kappa shape index (κ2) is 8.27. The first kappa shape index (κ1) is 16.1. The Labute approximate surface area is 123 Å². The topological polar surface area (TPSA) is 54.0 Å². The van der Waals surface area contributed by atoms with E-state index in [1.165, 1.54) is 0 Å². The van der Waals surface area contributed by atoms with Gasteiger partial charge in [-0.2, -0.15) is 11.8 Å². The van der Waals surface area contributed by atoms with Crippen LogP contribution in [0.2, 0.25) is 5.15 Å². The van der Waals surface area contributed by atoms with Crippen LogP contribution < -0.4 is 10.6 Å². The molecule has 19 heavy (non-hydrogen) atoms. The lowest BCUT2D eigenvalue weighted by Gasteiger charge is -2.13. The Morgan fingerprint density at radius 1 is 1.47 bits per heavy atom. The second-order valence-electron chi connectivity index (χ2n) is 4.13. The van der Waals surface area contributed by atoms with Crippen LogP contribution in [-0.4, -0.2) is 35.0 Å². The van der Waals surface area contributed by atoms with E-state index in [0.717, 1.165) is 18.1 Å². The van der Waals surface area contributed by atoms with Crippen molar-refractivity contribution in [3.8, 4) is 0 Å². The molecule has 0 aromatic carbocycles. The quantitative estimate of drug-likeness (QED) is 0.760. The number of amides is 1. The van der Waals surface area contributed by atoms with Crippen LogP contribution in [0.5, 0.6) is 0 Å². The summed E-state index contributed by atoms with van der Waals surface area (Å²) in [7, 11) is 0. The number of nitrogens with one attached hydrogen (secondary N) is 2.